The molecule has 0 amide bonds. The van der Waals surface area contributed by atoms with E-state index in [-0.39, 0.29) is 21.7 Å². The largest absolute Gasteiger partial charge is 0.497 e. The van der Waals surface area contributed by atoms with E-state index in [0.29, 0.717) is 5.75 Å². The van der Waals surface area contributed by atoms with Gasteiger partial charge >= 0.3 is 5.97 Å². The third-order valence-electron chi connectivity index (χ3n) is 3.04. The highest BCUT2D eigenvalue weighted by atomic mass is 32.2. The van der Waals surface area contributed by atoms with Crippen LogP contribution in [-0.4, -0.2) is 37.4 Å². The topological polar surface area (TPSA) is 125 Å². The molecule has 0 radical (unpaired) electrons. The molecule has 0 bridgehead atoms. The van der Waals surface area contributed by atoms with Crippen LogP contribution < -0.4 is 10.2 Å². The standard InChI is InChI=1S/C15H14N2O6S/c1-23-11-6-7-13(12(8-11)15(18)19)17-16-9-10-4-2-3-5-14(10)24(20,21)22/h2-9,17H,1H3,(H,18,19)(H,20,21,22)/b16-9+. The molecule has 0 fully saturated rings. The van der Waals surface area contributed by atoms with E-state index < -0.39 is 16.1 Å². The molecule has 0 saturated heterocycles. The summed E-state index contributed by atoms with van der Waals surface area (Å²) in [5.74, 6) is -0.802. The number of benzene rings is 2. The maximum atomic E-state index is 11.3. The fraction of sp³-hybridized carbons (Fsp3) is 0.0667. The number of hydrazone groups is 1. The second-order valence-corrected chi connectivity index (χ2v) is 5.99. The van der Waals surface area contributed by atoms with Gasteiger partial charge in [0.25, 0.3) is 10.1 Å². The van der Waals surface area contributed by atoms with Crippen LogP contribution in [0.25, 0.3) is 0 Å². The van der Waals surface area contributed by atoms with Gasteiger partial charge < -0.3 is 9.84 Å². The van der Waals surface area contributed by atoms with Gasteiger partial charge in [-0.3, -0.25) is 9.98 Å². The maximum absolute atomic E-state index is 11.3. The summed E-state index contributed by atoms with van der Waals surface area (Å²) < 4.78 is 36.7. The first kappa shape index (κ1) is 17.4. The van der Waals surface area contributed by atoms with Gasteiger partial charge in [-0.15, -0.1) is 0 Å². The molecule has 0 aliphatic carbocycles. The monoisotopic (exact) mass is 350 g/mol. The van der Waals surface area contributed by atoms with Crippen LogP contribution in [-0.2, 0) is 10.1 Å². The fourth-order valence-electron chi connectivity index (χ4n) is 1.92. The van der Waals surface area contributed by atoms with E-state index in [2.05, 4.69) is 10.5 Å². The zero-order valence-corrected chi connectivity index (χ0v) is 13.3. The van der Waals surface area contributed by atoms with Crippen LogP contribution >= 0.6 is 0 Å². The number of methoxy groups -OCH3 is 1. The van der Waals surface area contributed by atoms with Gasteiger partial charge in [-0.1, -0.05) is 18.2 Å². The van der Waals surface area contributed by atoms with Crippen molar-refractivity contribution in [1.82, 2.24) is 0 Å². The Balaban J connectivity index is 2.29. The summed E-state index contributed by atoms with van der Waals surface area (Å²) in [6.07, 6.45) is 1.17. The van der Waals surface area contributed by atoms with Crippen molar-refractivity contribution in [2.75, 3.05) is 12.5 Å². The predicted molar refractivity (Wildman–Crippen MR) is 87.4 cm³/mol. The minimum atomic E-state index is -4.39. The Hall–Kier alpha value is -2.91. The Morgan fingerprint density at radius 1 is 1.25 bits per heavy atom. The highest BCUT2D eigenvalue weighted by Gasteiger charge is 2.14. The van der Waals surface area contributed by atoms with Crippen LogP contribution in [0.15, 0.2) is 52.5 Å². The van der Waals surface area contributed by atoms with Crippen LogP contribution in [0.2, 0.25) is 0 Å². The minimum absolute atomic E-state index is 0.0606. The summed E-state index contributed by atoms with van der Waals surface area (Å²) in [6, 6.07) is 10.1. The lowest BCUT2D eigenvalue weighted by Crippen LogP contribution is -2.05. The summed E-state index contributed by atoms with van der Waals surface area (Å²) in [5, 5.41) is 13.0. The molecular weight excluding hydrogens is 336 g/mol. The van der Waals surface area contributed by atoms with Crippen molar-refractivity contribution >= 4 is 28.0 Å². The molecule has 0 aliphatic rings. The highest BCUT2D eigenvalue weighted by Crippen LogP contribution is 2.22. The van der Waals surface area contributed by atoms with Crippen LogP contribution in [0.4, 0.5) is 5.69 Å². The number of rotatable bonds is 6. The lowest BCUT2D eigenvalue weighted by atomic mass is 10.1. The minimum Gasteiger partial charge on any atom is -0.497 e. The Morgan fingerprint density at radius 3 is 2.58 bits per heavy atom. The molecule has 8 nitrogen and oxygen atoms in total. The number of nitrogens with one attached hydrogen (secondary N) is 1. The molecule has 3 N–H and O–H groups in total. The number of anilines is 1. The van der Waals surface area contributed by atoms with Crippen LogP contribution in [0.5, 0.6) is 5.75 Å². The van der Waals surface area contributed by atoms with Crippen molar-refractivity contribution in [3.63, 3.8) is 0 Å². The normalized spacial score (nSPS) is 11.4. The van der Waals surface area contributed by atoms with Crippen molar-refractivity contribution in [2.24, 2.45) is 5.10 Å². The second-order valence-electron chi connectivity index (χ2n) is 4.60. The smallest absolute Gasteiger partial charge is 0.338 e. The highest BCUT2D eigenvalue weighted by molar-refractivity contribution is 7.86. The van der Waals surface area contributed by atoms with E-state index in [0.717, 1.165) is 0 Å². The average Bonchev–Trinajstić information content (AvgIpc) is 2.54. The van der Waals surface area contributed by atoms with Gasteiger partial charge in [-0.25, -0.2) is 4.79 Å². The SMILES string of the molecule is COc1ccc(N/N=C/c2ccccc2S(=O)(=O)O)c(C(=O)O)c1. The molecule has 0 atom stereocenters. The van der Waals surface area contributed by atoms with Crippen LogP contribution in [0, 0.1) is 0 Å². The number of aromatic carboxylic acids is 1. The number of hydrogen-bond donors (Lipinski definition) is 3. The Labute approximate surface area is 138 Å². The molecule has 9 heteroatoms. The Kier molecular flexibility index (Phi) is 5.17. The first-order chi connectivity index (χ1) is 11.3. The van der Waals surface area contributed by atoms with Crippen LogP contribution in [0.3, 0.4) is 0 Å². The molecule has 0 aromatic heterocycles. The van der Waals surface area contributed by atoms with E-state index in [4.69, 9.17) is 9.29 Å². The molecule has 2 aromatic carbocycles. The van der Waals surface area contributed by atoms with Crippen molar-refractivity contribution in [1.29, 1.82) is 0 Å². The molecule has 0 saturated carbocycles. The fourth-order valence-corrected chi connectivity index (χ4v) is 2.59. The summed E-state index contributed by atoms with van der Waals surface area (Å²) in [6.45, 7) is 0. The lowest BCUT2D eigenvalue weighted by Gasteiger charge is -2.07. The molecule has 0 unspecified atom stereocenters. The van der Waals surface area contributed by atoms with Crippen molar-refractivity contribution in [3.8, 4) is 5.75 Å². The molecule has 0 aliphatic heterocycles. The van der Waals surface area contributed by atoms with Crippen LogP contribution in [0.1, 0.15) is 15.9 Å². The van der Waals surface area contributed by atoms with Gasteiger partial charge in [0.2, 0.25) is 0 Å². The second kappa shape index (κ2) is 7.11. The lowest BCUT2D eigenvalue weighted by molar-refractivity contribution is 0.0697. The van der Waals surface area contributed by atoms with Crippen molar-refractivity contribution in [2.45, 2.75) is 4.90 Å². The van der Waals surface area contributed by atoms with Crippen molar-refractivity contribution < 1.29 is 27.6 Å². The number of carboxylic acid groups (broad SMARTS) is 1. The van der Waals surface area contributed by atoms with Crippen molar-refractivity contribution in [3.05, 3.63) is 53.6 Å². The molecule has 0 heterocycles. The van der Waals surface area contributed by atoms with E-state index in [1.54, 1.807) is 12.1 Å². The van der Waals surface area contributed by atoms with Gasteiger partial charge in [0.1, 0.15) is 10.6 Å². The quantitative estimate of drug-likeness (QED) is 0.414. The van der Waals surface area contributed by atoms with E-state index in [1.165, 1.54) is 43.7 Å². The first-order valence-electron chi connectivity index (χ1n) is 6.60. The van der Waals surface area contributed by atoms with Gasteiger partial charge in [0, 0.05) is 5.56 Å². The third kappa shape index (κ3) is 4.09. The van der Waals surface area contributed by atoms with Gasteiger partial charge in [-0.2, -0.15) is 13.5 Å². The zero-order valence-electron chi connectivity index (χ0n) is 12.5. The summed E-state index contributed by atoms with van der Waals surface area (Å²) in [4.78, 5) is 10.9. The van der Waals surface area contributed by atoms with Gasteiger partial charge in [0.05, 0.1) is 24.6 Å². The summed E-state index contributed by atoms with van der Waals surface area (Å²) >= 11 is 0. The Bertz CT molecular complexity index is 893. The number of ether oxygens (including phenoxy) is 1. The molecule has 24 heavy (non-hydrogen) atoms. The number of hydrogen-bond acceptors (Lipinski definition) is 6. The molecular formula is C15H14N2O6S. The third-order valence-corrected chi connectivity index (χ3v) is 3.97. The van der Waals surface area contributed by atoms with Gasteiger partial charge in [0.15, 0.2) is 0 Å². The Morgan fingerprint density at radius 2 is 1.96 bits per heavy atom. The molecule has 2 rings (SSSR count). The summed E-state index contributed by atoms with van der Waals surface area (Å²) in [5.41, 5.74) is 2.82. The van der Waals surface area contributed by atoms with E-state index in [1.807, 2.05) is 0 Å². The molecule has 0 spiro atoms. The van der Waals surface area contributed by atoms with E-state index in [9.17, 15) is 18.3 Å². The predicted octanol–water partition coefficient (Wildman–Crippen LogP) is 2.09. The molecule has 2 aromatic rings. The zero-order chi connectivity index (χ0) is 17.7. The number of carbonyl (C=O) groups is 1. The number of nitrogens with zero attached hydrogens (tertiary/aromatic N) is 1. The molecule has 126 valence electrons. The summed E-state index contributed by atoms with van der Waals surface area (Å²) in [7, 11) is -2.97. The van der Waals surface area contributed by atoms with Gasteiger partial charge in [-0.05, 0) is 24.3 Å². The maximum Gasteiger partial charge on any atom is 0.338 e. The average molecular weight is 350 g/mol. The van der Waals surface area contributed by atoms with E-state index >= 15 is 0 Å². The first-order valence-corrected chi connectivity index (χ1v) is 8.04. The number of carboxylic acids is 1.